The first-order valence-electron chi connectivity index (χ1n) is 6.94. The van der Waals surface area contributed by atoms with Crippen LogP contribution in [0.3, 0.4) is 0 Å². The second kappa shape index (κ2) is 5.53. The average molecular weight is 228 g/mol. The van der Waals surface area contributed by atoms with E-state index in [0.29, 0.717) is 11.3 Å². The first kappa shape index (κ1) is 12.4. The molecular formula is C17H24. The largest absolute Gasteiger partial charge is 0.103 e. The van der Waals surface area contributed by atoms with E-state index in [0.717, 1.165) is 0 Å². The Bertz CT molecular complexity index is 344. The van der Waals surface area contributed by atoms with Crippen molar-refractivity contribution in [1.29, 1.82) is 0 Å². The molecule has 1 aliphatic carbocycles. The molecule has 1 saturated carbocycles. The molecule has 2 rings (SSSR count). The van der Waals surface area contributed by atoms with Crippen LogP contribution in [0.1, 0.15) is 56.9 Å². The van der Waals surface area contributed by atoms with Crippen LogP contribution in [0.4, 0.5) is 0 Å². The summed E-state index contributed by atoms with van der Waals surface area (Å²) >= 11 is 0. The van der Waals surface area contributed by atoms with Crippen LogP contribution in [0.5, 0.6) is 0 Å². The van der Waals surface area contributed by atoms with E-state index in [1.807, 2.05) is 0 Å². The molecule has 1 aromatic carbocycles. The third kappa shape index (κ3) is 2.62. The lowest BCUT2D eigenvalue weighted by molar-refractivity contribution is 0.154. The first-order valence-corrected chi connectivity index (χ1v) is 6.94. The average Bonchev–Trinajstić information content (AvgIpc) is 2.40. The molecule has 1 unspecified atom stereocenters. The van der Waals surface area contributed by atoms with Gasteiger partial charge in [0.15, 0.2) is 0 Å². The second-order valence-corrected chi connectivity index (χ2v) is 5.55. The van der Waals surface area contributed by atoms with Crippen LogP contribution >= 0.6 is 0 Å². The molecule has 0 aliphatic heterocycles. The van der Waals surface area contributed by atoms with Gasteiger partial charge >= 0.3 is 0 Å². The molecule has 17 heavy (non-hydrogen) atoms. The second-order valence-electron chi connectivity index (χ2n) is 5.55. The van der Waals surface area contributed by atoms with E-state index >= 15 is 0 Å². The molecule has 92 valence electrons. The molecule has 0 aromatic heterocycles. The van der Waals surface area contributed by atoms with Crippen LogP contribution in [0.2, 0.25) is 0 Å². The molecule has 0 heteroatoms. The number of allylic oxidation sites excluding steroid dienone is 1. The predicted molar refractivity (Wildman–Crippen MR) is 75.2 cm³/mol. The van der Waals surface area contributed by atoms with E-state index in [9.17, 15) is 0 Å². The van der Waals surface area contributed by atoms with Gasteiger partial charge in [-0.1, -0.05) is 62.6 Å². The van der Waals surface area contributed by atoms with Crippen molar-refractivity contribution >= 4 is 0 Å². The summed E-state index contributed by atoms with van der Waals surface area (Å²) in [4.78, 5) is 0. The smallest absolute Gasteiger partial charge is 0.0131 e. The monoisotopic (exact) mass is 228 g/mol. The van der Waals surface area contributed by atoms with Gasteiger partial charge in [0.25, 0.3) is 0 Å². The Kier molecular flexibility index (Phi) is 4.04. The zero-order chi connectivity index (χ0) is 12.1. The van der Waals surface area contributed by atoms with Gasteiger partial charge in [-0.2, -0.15) is 0 Å². The Morgan fingerprint density at radius 2 is 1.82 bits per heavy atom. The van der Waals surface area contributed by atoms with Crippen LogP contribution in [-0.4, -0.2) is 0 Å². The molecule has 0 amide bonds. The highest BCUT2D eigenvalue weighted by molar-refractivity contribution is 5.22. The lowest BCUT2D eigenvalue weighted by Crippen LogP contribution is -2.29. The van der Waals surface area contributed by atoms with Gasteiger partial charge in [0.2, 0.25) is 0 Å². The summed E-state index contributed by atoms with van der Waals surface area (Å²) in [5.41, 5.74) is 1.97. The molecule has 0 spiro atoms. The third-order valence-corrected chi connectivity index (χ3v) is 4.62. The van der Waals surface area contributed by atoms with Gasteiger partial charge < -0.3 is 0 Å². The fourth-order valence-electron chi connectivity index (χ4n) is 3.45. The van der Waals surface area contributed by atoms with E-state index in [1.165, 1.54) is 44.1 Å². The van der Waals surface area contributed by atoms with E-state index in [1.54, 1.807) is 0 Å². The van der Waals surface area contributed by atoms with E-state index < -0.39 is 0 Å². The van der Waals surface area contributed by atoms with Crippen molar-refractivity contribution < 1.29 is 0 Å². The zero-order valence-electron chi connectivity index (χ0n) is 11.0. The molecule has 0 radical (unpaired) electrons. The molecule has 0 N–H and O–H groups in total. The number of hydrogen-bond donors (Lipinski definition) is 0. The van der Waals surface area contributed by atoms with Crippen molar-refractivity contribution in [2.24, 2.45) is 5.41 Å². The van der Waals surface area contributed by atoms with Crippen LogP contribution in [0, 0.1) is 5.41 Å². The third-order valence-electron chi connectivity index (χ3n) is 4.62. The van der Waals surface area contributed by atoms with Gasteiger partial charge in [-0.25, -0.2) is 0 Å². The standard InChI is InChI=1S/C17H24/c1-3-12-17(13-8-5-9-14-17)15(2)16-10-6-4-7-11-16/h3-4,6-7,10-11,15H,1,5,8-9,12-14H2,2H3. The van der Waals surface area contributed by atoms with Crippen LogP contribution < -0.4 is 0 Å². The maximum atomic E-state index is 3.98. The van der Waals surface area contributed by atoms with Gasteiger partial charge in [-0.3, -0.25) is 0 Å². The quantitative estimate of drug-likeness (QED) is 0.612. The predicted octanol–water partition coefficient (Wildman–Crippen LogP) is 5.32. The summed E-state index contributed by atoms with van der Waals surface area (Å²) in [6, 6.07) is 11.0. The normalized spacial score (nSPS) is 20.8. The molecule has 0 nitrogen and oxygen atoms in total. The highest BCUT2D eigenvalue weighted by Crippen LogP contribution is 2.49. The molecule has 1 fully saturated rings. The molecule has 0 bridgehead atoms. The first-order chi connectivity index (χ1) is 8.28. The lowest BCUT2D eigenvalue weighted by atomic mass is 9.63. The molecule has 1 aromatic rings. The summed E-state index contributed by atoms with van der Waals surface area (Å²) in [5, 5.41) is 0. The number of rotatable bonds is 4. The van der Waals surface area contributed by atoms with Crippen molar-refractivity contribution in [1.82, 2.24) is 0 Å². The van der Waals surface area contributed by atoms with E-state index in [2.05, 4.69) is 49.9 Å². The highest BCUT2D eigenvalue weighted by Gasteiger charge is 2.36. The Morgan fingerprint density at radius 3 is 2.41 bits per heavy atom. The molecule has 1 aliphatic rings. The summed E-state index contributed by atoms with van der Waals surface area (Å²) < 4.78 is 0. The van der Waals surface area contributed by atoms with Crippen molar-refractivity contribution in [3.8, 4) is 0 Å². The van der Waals surface area contributed by atoms with Crippen LogP contribution in [0.15, 0.2) is 43.0 Å². The van der Waals surface area contributed by atoms with Crippen LogP contribution in [0.25, 0.3) is 0 Å². The minimum Gasteiger partial charge on any atom is -0.103 e. The summed E-state index contributed by atoms with van der Waals surface area (Å²) in [6.07, 6.45) is 10.2. The molecule has 1 atom stereocenters. The highest BCUT2D eigenvalue weighted by atomic mass is 14.4. The minimum absolute atomic E-state index is 0.474. The Hall–Kier alpha value is -1.04. The SMILES string of the molecule is C=CCC1(C(C)c2ccccc2)CCCCC1. The van der Waals surface area contributed by atoms with Gasteiger partial charge in [-0.05, 0) is 36.2 Å². The molecule has 0 heterocycles. The number of hydrogen-bond acceptors (Lipinski definition) is 0. The lowest BCUT2D eigenvalue weighted by Gasteiger charge is -2.42. The van der Waals surface area contributed by atoms with Crippen LogP contribution in [-0.2, 0) is 0 Å². The van der Waals surface area contributed by atoms with Gasteiger partial charge in [0.05, 0.1) is 0 Å². The Labute approximate surface area is 106 Å². The van der Waals surface area contributed by atoms with Gasteiger partial charge in [0.1, 0.15) is 0 Å². The zero-order valence-corrected chi connectivity index (χ0v) is 11.0. The maximum absolute atomic E-state index is 3.98. The van der Waals surface area contributed by atoms with Crippen molar-refractivity contribution in [3.05, 3.63) is 48.6 Å². The van der Waals surface area contributed by atoms with E-state index in [4.69, 9.17) is 0 Å². The Morgan fingerprint density at radius 1 is 1.18 bits per heavy atom. The van der Waals surface area contributed by atoms with Crippen molar-refractivity contribution in [2.45, 2.75) is 51.4 Å². The maximum Gasteiger partial charge on any atom is -0.0131 e. The minimum atomic E-state index is 0.474. The fraction of sp³-hybridized carbons (Fsp3) is 0.529. The fourth-order valence-corrected chi connectivity index (χ4v) is 3.45. The summed E-state index contributed by atoms with van der Waals surface area (Å²) in [7, 11) is 0. The van der Waals surface area contributed by atoms with Crippen molar-refractivity contribution in [2.75, 3.05) is 0 Å². The van der Waals surface area contributed by atoms with E-state index in [-0.39, 0.29) is 0 Å². The number of benzene rings is 1. The topological polar surface area (TPSA) is 0 Å². The van der Waals surface area contributed by atoms with Gasteiger partial charge in [0, 0.05) is 0 Å². The summed E-state index contributed by atoms with van der Waals surface area (Å²) in [6.45, 7) is 6.38. The van der Waals surface area contributed by atoms with Crippen molar-refractivity contribution in [3.63, 3.8) is 0 Å². The molecular weight excluding hydrogens is 204 g/mol. The summed E-state index contributed by atoms with van der Waals surface area (Å²) in [5.74, 6) is 0.655. The Balaban J connectivity index is 2.23. The van der Waals surface area contributed by atoms with Gasteiger partial charge in [-0.15, -0.1) is 6.58 Å². The molecule has 0 saturated heterocycles.